The molecule has 10 heteroatoms. The van der Waals surface area contributed by atoms with Crippen LogP contribution in [0, 0.1) is 5.82 Å². The molecule has 0 saturated heterocycles. The van der Waals surface area contributed by atoms with Crippen molar-refractivity contribution in [2.75, 3.05) is 17.1 Å². The molecular formula is C24H29ClFN3O4S. The van der Waals surface area contributed by atoms with E-state index in [9.17, 15) is 22.4 Å². The first-order valence-electron chi connectivity index (χ1n) is 11.1. The first-order chi connectivity index (χ1) is 16.1. The van der Waals surface area contributed by atoms with Gasteiger partial charge in [-0.3, -0.25) is 13.9 Å². The zero-order valence-corrected chi connectivity index (χ0v) is 20.8. The van der Waals surface area contributed by atoms with Gasteiger partial charge in [0.15, 0.2) is 0 Å². The van der Waals surface area contributed by atoms with E-state index in [0.29, 0.717) is 0 Å². The van der Waals surface area contributed by atoms with Gasteiger partial charge in [0, 0.05) is 12.6 Å². The minimum atomic E-state index is -3.91. The van der Waals surface area contributed by atoms with Crippen LogP contribution < -0.4 is 9.62 Å². The van der Waals surface area contributed by atoms with Gasteiger partial charge in [0.1, 0.15) is 18.4 Å². The Balaban J connectivity index is 1.87. The molecule has 0 spiro atoms. The molecule has 0 aliphatic heterocycles. The molecule has 184 valence electrons. The molecule has 1 aliphatic rings. The lowest BCUT2D eigenvalue weighted by Crippen LogP contribution is -2.52. The summed E-state index contributed by atoms with van der Waals surface area (Å²) in [4.78, 5) is 27.8. The summed E-state index contributed by atoms with van der Waals surface area (Å²) in [6, 6.07) is 11.8. The van der Waals surface area contributed by atoms with E-state index < -0.39 is 34.3 Å². The standard InChI is InChI=1S/C24H29ClFN3O4S/c1-17(24(31)27-19-10-6-7-11-19)28(15-18-8-4-3-5-9-18)23(30)16-29(34(2,32)33)20-12-13-22(26)21(25)14-20/h3-5,8-9,12-14,17,19H,6-7,10-11,15-16H2,1-2H3,(H,27,31). The van der Waals surface area contributed by atoms with Crippen LogP contribution in [0.2, 0.25) is 5.02 Å². The third-order valence-electron chi connectivity index (χ3n) is 5.93. The number of anilines is 1. The van der Waals surface area contributed by atoms with E-state index in [2.05, 4.69) is 5.32 Å². The number of nitrogens with zero attached hydrogens (tertiary/aromatic N) is 2. The summed E-state index contributed by atoms with van der Waals surface area (Å²) in [5.41, 5.74) is 0.858. The number of benzene rings is 2. The van der Waals surface area contributed by atoms with Crippen molar-refractivity contribution in [3.8, 4) is 0 Å². The van der Waals surface area contributed by atoms with Gasteiger partial charge in [-0.2, -0.15) is 0 Å². The van der Waals surface area contributed by atoms with Crippen LogP contribution in [-0.2, 0) is 26.2 Å². The average Bonchev–Trinajstić information content (AvgIpc) is 3.30. The van der Waals surface area contributed by atoms with Gasteiger partial charge in [-0.05, 0) is 43.5 Å². The van der Waals surface area contributed by atoms with Crippen molar-refractivity contribution in [2.24, 2.45) is 0 Å². The van der Waals surface area contributed by atoms with Crippen LogP contribution in [0.15, 0.2) is 48.5 Å². The Morgan fingerprint density at radius 3 is 2.38 bits per heavy atom. The molecule has 1 saturated carbocycles. The fraction of sp³-hybridized carbons (Fsp3) is 0.417. The van der Waals surface area contributed by atoms with Crippen LogP contribution in [0.5, 0.6) is 0 Å². The Morgan fingerprint density at radius 1 is 1.15 bits per heavy atom. The maximum atomic E-state index is 13.6. The van der Waals surface area contributed by atoms with Crippen molar-refractivity contribution in [3.05, 3.63) is 64.9 Å². The molecule has 2 amide bonds. The molecule has 1 atom stereocenters. The zero-order chi connectivity index (χ0) is 24.9. The van der Waals surface area contributed by atoms with E-state index >= 15 is 0 Å². The summed E-state index contributed by atoms with van der Waals surface area (Å²) in [5, 5.41) is 2.74. The highest BCUT2D eigenvalue weighted by atomic mass is 35.5. The van der Waals surface area contributed by atoms with Crippen LogP contribution in [-0.4, -0.2) is 50.0 Å². The van der Waals surface area contributed by atoms with Gasteiger partial charge >= 0.3 is 0 Å². The molecule has 0 bridgehead atoms. The molecule has 1 unspecified atom stereocenters. The Kier molecular flexibility index (Phi) is 8.54. The van der Waals surface area contributed by atoms with Gasteiger partial charge in [-0.1, -0.05) is 54.8 Å². The fourth-order valence-electron chi connectivity index (χ4n) is 4.01. The number of carbonyl (C=O) groups excluding carboxylic acids is 2. The largest absolute Gasteiger partial charge is 0.352 e. The summed E-state index contributed by atoms with van der Waals surface area (Å²) in [6.45, 7) is 1.19. The smallest absolute Gasteiger partial charge is 0.244 e. The second-order valence-corrected chi connectivity index (χ2v) is 10.9. The van der Waals surface area contributed by atoms with Gasteiger partial charge in [-0.15, -0.1) is 0 Å². The fourth-order valence-corrected chi connectivity index (χ4v) is 5.02. The van der Waals surface area contributed by atoms with Crippen LogP contribution in [0.1, 0.15) is 38.2 Å². The summed E-state index contributed by atoms with van der Waals surface area (Å²) in [6.07, 6.45) is 4.86. The minimum absolute atomic E-state index is 0.0602. The van der Waals surface area contributed by atoms with E-state index in [4.69, 9.17) is 11.6 Å². The molecule has 2 aromatic rings. The van der Waals surface area contributed by atoms with Crippen LogP contribution in [0.3, 0.4) is 0 Å². The third kappa shape index (κ3) is 6.70. The molecule has 1 fully saturated rings. The lowest BCUT2D eigenvalue weighted by molar-refractivity contribution is -0.139. The molecule has 7 nitrogen and oxygen atoms in total. The van der Waals surface area contributed by atoms with Crippen LogP contribution >= 0.6 is 11.6 Å². The SMILES string of the molecule is CC(C(=O)NC1CCCC1)N(Cc1ccccc1)C(=O)CN(c1ccc(F)c(Cl)c1)S(C)(=O)=O. The van der Waals surface area contributed by atoms with Gasteiger partial charge in [0.2, 0.25) is 21.8 Å². The minimum Gasteiger partial charge on any atom is -0.352 e. The normalized spacial score (nSPS) is 15.1. The molecule has 0 heterocycles. The summed E-state index contributed by atoms with van der Waals surface area (Å²) in [7, 11) is -3.91. The average molecular weight is 510 g/mol. The number of hydrogen-bond donors (Lipinski definition) is 1. The maximum Gasteiger partial charge on any atom is 0.244 e. The highest BCUT2D eigenvalue weighted by Gasteiger charge is 2.31. The number of carbonyl (C=O) groups is 2. The van der Waals surface area contributed by atoms with E-state index in [-0.39, 0.29) is 29.2 Å². The molecule has 34 heavy (non-hydrogen) atoms. The first-order valence-corrected chi connectivity index (χ1v) is 13.4. The first kappa shape index (κ1) is 26.0. The number of sulfonamides is 1. The van der Waals surface area contributed by atoms with Crippen LogP contribution in [0.25, 0.3) is 0 Å². The van der Waals surface area contributed by atoms with Crippen molar-refractivity contribution in [3.63, 3.8) is 0 Å². The van der Waals surface area contributed by atoms with Crippen molar-refractivity contribution >= 4 is 39.1 Å². The third-order valence-corrected chi connectivity index (χ3v) is 7.37. The summed E-state index contributed by atoms with van der Waals surface area (Å²) < 4.78 is 39.5. The zero-order valence-electron chi connectivity index (χ0n) is 19.2. The topological polar surface area (TPSA) is 86.8 Å². The highest BCUT2D eigenvalue weighted by Crippen LogP contribution is 2.25. The number of nitrogens with one attached hydrogen (secondary N) is 1. The molecule has 0 radical (unpaired) electrons. The van der Waals surface area contributed by atoms with E-state index in [1.807, 2.05) is 30.3 Å². The number of rotatable bonds is 9. The molecular weight excluding hydrogens is 481 g/mol. The predicted molar refractivity (Wildman–Crippen MR) is 130 cm³/mol. The lowest BCUT2D eigenvalue weighted by atomic mass is 10.1. The molecule has 3 rings (SSSR count). The van der Waals surface area contributed by atoms with Gasteiger partial charge in [0.05, 0.1) is 17.0 Å². The Morgan fingerprint density at radius 2 is 1.79 bits per heavy atom. The van der Waals surface area contributed by atoms with Crippen LogP contribution in [0.4, 0.5) is 10.1 Å². The molecule has 1 aliphatic carbocycles. The quantitative estimate of drug-likeness (QED) is 0.558. The Hall–Kier alpha value is -2.65. The van der Waals surface area contributed by atoms with Gasteiger partial charge < -0.3 is 10.2 Å². The second kappa shape index (κ2) is 11.2. The van der Waals surface area contributed by atoms with Crippen molar-refractivity contribution < 1.29 is 22.4 Å². The predicted octanol–water partition coefficient (Wildman–Crippen LogP) is 3.72. The molecule has 2 aromatic carbocycles. The van der Waals surface area contributed by atoms with Crippen molar-refractivity contribution in [1.82, 2.24) is 10.2 Å². The van der Waals surface area contributed by atoms with E-state index in [0.717, 1.165) is 53.9 Å². The second-order valence-electron chi connectivity index (χ2n) is 8.54. The Labute approximate surface area is 204 Å². The number of halogens is 2. The van der Waals surface area contributed by atoms with Gasteiger partial charge in [-0.25, -0.2) is 12.8 Å². The lowest BCUT2D eigenvalue weighted by Gasteiger charge is -2.32. The molecule has 1 N–H and O–H groups in total. The summed E-state index contributed by atoms with van der Waals surface area (Å²) >= 11 is 5.84. The van der Waals surface area contributed by atoms with Crippen molar-refractivity contribution in [2.45, 2.75) is 51.2 Å². The highest BCUT2D eigenvalue weighted by molar-refractivity contribution is 7.92. The van der Waals surface area contributed by atoms with Gasteiger partial charge in [0.25, 0.3) is 0 Å². The summed E-state index contributed by atoms with van der Waals surface area (Å²) in [5.74, 6) is -1.55. The number of amides is 2. The maximum absolute atomic E-state index is 13.6. The monoisotopic (exact) mass is 509 g/mol. The van der Waals surface area contributed by atoms with Crippen molar-refractivity contribution in [1.29, 1.82) is 0 Å². The number of hydrogen-bond acceptors (Lipinski definition) is 4. The Bertz CT molecular complexity index is 1120. The van der Waals surface area contributed by atoms with E-state index in [1.54, 1.807) is 6.92 Å². The molecule has 0 aromatic heterocycles. The van der Waals surface area contributed by atoms with E-state index in [1.165, 1.54) is 11.0 Å².